The van der Waals surface area contributed by atoms with Crippen molar-refractivity contribution in [2.75, 3.05) is 13.1 Å². The number of benzene rings is 1. The molecule has 0 radical (unpaired) electrons. The molecule has 1 aromatic heterocycles. The first kappa shape index (κ1) is 17.3. The van der Waals surface area contributed by atoms with Gasteiger partial charge in [0.1, 0.15) is 5.54 Å². The Balaban J connectivity index is 1.55. The Morgan fingerprint density at radius 3 is 2.50 bits per heavy atom. The largest absolute Gasteiger partial charge is 0.337 e. The Bertz CT molecular complexity index is 785. The SMILES string of the molecule is Cc1c(CN2CCCC23CCCN(Cc2ccccc2)C3=O)cnn1C. The molecule has 0 saturated carbocycles. The number of piperidine rings is 1. The average Bonchev–Trinajstić information content (AvgIpc) is 3.19. The second-order valence-electron chi connectivity index (χ2n) is 7.75. The molecule has 5 heteroatoms. The number of amides is 1. The summed E-state index contributed by atoms with van der Waals surface area (Å²) in [6, 6.07) is 10.3. The van der Waals surface area contributed by atoms with Crippen LogP contribution >= 0.6 is 0 Å². The number of carbonyl (C=O) groups excluding carboxylic acids is 1. The van der Waals surface area contributed by atoms with Crippen molar-refractivity contribution in [3.63, 3.8) is 0 Å². The molecule has 138 valence electrons. The van der Waals surface area contributed by atoms with E-state index in [2.05, 4.69) is 34.0 Å². The smallest absolute Gasteiger partial charge is 0.243 e. The van der Waals surface area contributed by atoms with Gasteiger partial charge in [-0.3, -0.25) is 14.4 Å². The van der Waals surface area contributed by atoms with Crippen molar-refractivity contribution < 1.29 is 4.79 Å². The minimum atomic E-state index is -0.310. The lowest BCUT2D eigenvalue weighted by atomic mass is 9.85. The van der Waals surface area contributed by atoms with E-state index in [-0.39, 0.29) is 5.54 Å². The summed E-state index contributed by atoms with van der Waals surface area (Å²) in [4.78, 5) is 18.0. The number of hydrogen-bond donors (Lipinski definition) is 0. The number of likely N-dealkylation sites (tertiary alicyclic amines) is 2. The van der Waals surface area contributed by atoms with Crippen LogP contribution in [-0.2, 0) is 24.9 Å². The second kappa shape index (κ2) is 6.88. The maximum absolute atomic E-state index is 13.5. The van der Waals surface area contributed by atoms with Crippen LogP contribution in [0.25, 0.3) is 0 Å². The molecule has 2 fully saturated rings. The predicted octanol–water partition coefficient (Wildman–Crippen LogP) is 2.89. The fourth-order valence-corrected chi connectivity index (χ4v) is 4.62. The third kappa shape index (κ3) is 2.94. The van der Waals surface area contributed by atoms with Gasteiger partial charge in [-0.25, -0.2) is 0 Å². The first-order chi connectivity index (χ1) is 12.6. The van der Waals surface area contributed by atoms with Crippen LogP contribution in [0.5, 0.6) is 0 Å². The number of nitrogens with zero attached hydrogens (tertiary/aromatic N) is 4. The third-order valence-electron chi connectivity index (χ3n) is 6.24. The molecule has 2 aliphatic rings. The highest BCUT2D eigenvalue weighted by atomic mass is 16.2. The topological polar surface area (TPSA) is 41.4 Å². The van der Waals surface area contributed by atoms with E-state index in [1.165, 1.54) is 16.8 Å². The van der Waals surface area contributed by atoms with Crippen LogP contribution in [0.3, 0.4) is 0 Å². The summed E-state index contributed by atoms with van der Waals surface area (Å²) in [6.07, 6.45) is 6.11. The van der Waals surface area contributed by atoms with Gasteiger partial charge in [-0.2, -0.15) is 5.10 Å². The minimum Gasteiger partial charge on any atom is -0.337 e. The van der Waals surface area contributed by atoms with Crippen molar-refractivity contribution in [2.24, 2.45) is 7.05 Å². The molecule has 0 N–H and O–H groups in total. The van der Waals surface area contributed by atoms with Gasteiger partial charge in [-0.1, -0.05) is 30.3 Å². The average molecular weight is 352 g/mol. The van der Waals surface area contributed by atoms with Crippen LogP contribution in [0.1, 0.15) is 42.5 Å². The Morgan fingerprint density at radius 2 is 1.81 bits per heavy atom. The standard InChI is InChI=1S/C21H28N4O/c1-17-19(14-22-23(17)2)16-25-13-7-11-21(25)10-6-12-24(20(21)26)15-18-8-4-3-5-9-18/h3-5,8-9,14H,6-7,10-13,15-16H2,1-2H3. The van der Waals surface area contributed by atoms with Gasteiger partial charge in [-0.05, 0) is 44.7 Å². The zero-order valence-corrected chi connectivity index (χ0v) is 15.8. The first-order valence-corrected chi connectivity index (χ1v) is 9.66. The molecule has 5 nitrogen and oxygen atoms in total. The zero-order valence-electron chi connectivity index (χ0n) is 15.8. The molecule has 4 rings (SSSR count). The summed E-state index contributed by atoms with van der Waals surface area (Å²) >= 11 is 0. The lowest BCUT2D eigenvalue weighted by molar-refractivity contribution is -0.148. The van der Waals surface area contributed by atoms with Gasteiger partial charge >= 0.3 is 0 Å². The van der Waals surface area contributed by atoms with Crippen molar-refractivity contribution in [1.82, 2.24) is 19.6 Å². The van der Waals surface area contributed by atoms with Crippen molar-refractivity contribution in [3.05, 3.63) is 53.3 Å². The lowest BCUT2D eigenvalue weighted by Gasteiger charge is -2.44. The van der Waals surface area contributed by atoms with E-state index in [4.69, 9.17) is 0 Å². The molecular formula is C21H28N4O. The number of aromatic nitrogens is 2. The van der Waals surface area contributed by atoms with Crippen LogP contribution in [0.4, 0.5) is 0 Å². The molecule has 0 bridgehead atoms. The van der Waals surface area contributed by atoms with Crippen molar-refractivity contribution >= 4 is 5.91 Å². The van der Waals surface area contributed by atoms with Crippen LogP contribution in [0, 0.1) is 6.92 Å². The molecule has 0 aliphatic carbocycles. The van der Waals surface area contributed by atoms with Crippen molar-refractivity contribution in [1.29, 1.82) is 0 Å². The molecule has 2 saturated heterocycles. The molecule has 1 aromatic carbocycles. The van der Waals surface area contributed by atoms with E-state index in [0.717, 1.165) is 51.9 Å². The van der Waals surface area contributed by atoms with Crippen LogP contribution < -0.4 is 0 Å². The molecule has 1 spiro atoms. The van der Waals surface area contributed by atoms with E-state index in [1.54, 1.807) is 0 Å². The molecule has 1 amide bonds. The highest BCUT2D eigenvalue weighted by molar-refractivity contribution is 5.87. The molecule has 1 unspecified atom stereocenters. The van der Waals surface area contributed by atoms with Gasteiger partial charge in [-0.15, -0.1) is 0 Å². The van der Waals surface area contributed by atoms with Gasteiger partial charge in [0.05, 0.1) is 6.20 Å². The monoisotopic (exact) mass is 352 g/mol. The van der Waals surface area contributed by atoms with Gasteiger partial charge in [0.2, 0.25) is 5.91 Å². The highest BCUT2D eigenvalue weighted by Gasteiger charge is 2.50. The summed E-state index contributed by atoms with van der Waals surface area (Å²) in [5, 5.41) is 4.38. The first-order valence-electron chi connectivity index (χ1n) is 9.66. The molecular weight excluding hydrogens is 324 g/mol. The van der Waals surface area contributed by atoms with Crippen LogP contribution in [-0.4, -0.2) is 44.1 Å². The quantitative estimate of drug-likeness (QED) is 0.850. The summed E-state index contributed by atoms with van der Waals surface area (Å²) < 4.78 is 1.92. The number of hydrogen-bond acceptors (Lipinski definition) is 3. The molecule has 2 aliphatic heterocycles. The van der Waals surface area contributed by atoms with E-state index >= 15 is 0 Å². The summed E-state index contributed by atoms with van der Waals surface area (Å²) in [5.41, 5.74) is 3.33. The van der Waals surface area contributed by atoms with E-state index < -0.39 is 0 Å². The summed E-state index contributed by atoms with van der Waals surface area (Å²) in [6.45, 7) is 5.52. The van der Waals surface area contributed by atoms with Crippen LogP contribution in [0.2, 0.25) is 0 Å². The Hall–Kier alpha value is -2.14. The number of rotatable bonds is 4. The lowest BCUT2D eigenvalue weighted by Crippen LogP contribution is -2.59. The van der Waals surface area contributed by atoms with Crippen molar-refractivity contribution in [3.8, 4) is 0 Å². The predicted molar refractivity (Wildman–Crippen MR) is 101 cm³/mol. The van der Waals surface area contributed by atoms with E-state index in [1.807, 2.05) is 36.1 Å². The zero-order chi connectivity index (χ0) is 18.1. The van der Waals surface area contributed by atoms with Gasteiger partial charge < -0.3 is 4.90 Å². The molecule has 1 atom stereocenters. The van der Waals surface area contributed by atoms with Gasteiger partial charge in [0, 0.05) is 37.9 Å². The maximum Gasteiger partial charge on any atom is 0.243 e. The Morgan fingerprint density at radius 1 is 1.08 bits per heavy atom. The van der Waals surface area contributed by atoms with E-state index in [0.29, 0.717) is 5.91 Å². The third-order valence-corrected chi connectivity index (χ3v) is 6.24. The molecule has 2 aromatic rings. The van der Waals surface area contributed by atoms with Gasteiger partial charge in [0.15, 0.2) is 0 Å². The van der Waals surface area contributed by atoms with Crippen LogP contribution in [0.15, 0.2) is 36.5 Å². The van der Waals surface area contributed by atoms with Gasteiger partial charge in [0.25, 0.3) is 0 Å². The maximum atomic E-state index is 13.5. The molecule has 26 heavy (non-hydrogen) atoms. The fraction of sp³-hybridized carbons (Fsp3) is 0.524. The number of carbonyl (C=O) groups is 1. The summed E-state index contributed by atoms with van der Waals surface area (Å²) in [7, 11) is 1.98. The fourth-order valence-electron chi connectivity index (χ4n) is 4.62. The summed E-state index contributed by atoms with van der Waals surface area (Å²) in [5.74, 6) is 0.326. The van der Waals surface area contributed by atoms with E-state index in [9.17, 15) is 4.79 Å². The Labute approximate surface area is 155 Å². The highest BCUT2D eigenvalue weighted by Crippen LogP contribution is 2.39. The number of aryl methyl sites for hydroxylation is 1. The second-order valence-corrected chi connectivity index (χ2v) is 7.75. The minimum absolute atomic E-state index is 0.310. The van der Waals surface area contributed by atoms with Crippen molar-refractivity contribution in [2.45, 2.75) is 51.2 Å². The molecule has 3 heterocycles. The Kier molecular flexibility index (Phi) is 4.57. The normalized spacial score (nSPS) is 23.9.